The molecule has 0 N–H and O–H groups in total. The Kier molecular flexibility index (Phi) is 3.73. The molecule has 0 atom stereocenters. The van der Waals surface area contributed by atoms with Crippen molar-refractivity contribution in [2.75, 3.05) is 6.61 Å². The van der Waals surface area contributed by atoms with Crippen molar-refractivity contribution in [1.82, 2.24) is 0 Å². The lowest BCUT2D eigenvalue weighted by molar-refractivity contribution is -0.161. The van der Waals surface area contributed by atoms with Crippen LogP contribution in [-0.2, 0) is 4.74 Å². The molecule has 1 rings (SSSR count). The van der Waals surface area contributed by atoms with Crippen LogP contribution < -0.4 is 0 Å². The maximum absolute atomic E-state index is 11.7. The van der Waals surface area contributed by atoms with Gasteiger partial charge in [0.1, 0.15) is 0 Å². The van der Waals surface area contributed by atoms with Gasteiger partial charge in [0.25, 0.3) is 0 Å². The quantitative estimate of drug-likeness (QED) is 0.779. The van der Waals surface area contributed by atoms with Crippen molar-refractivity contribution in [3.05, 3.63) is 34.3 Å². The number of halogens is 4. The van der Waals surface area contributed by atoms with Crippen LogP contribution in [0.1, 0.15) is 10.4 Å². The molecule has 0 radical (unpaired) electrons. The zero-order valence-electron chi connectivity index (χ0n) is 7.34. The average molecular weight is 283 g/mol. The van der Waals surface area contributed by atoms with E-state index in [0.717, 1.165) is 0 Å². The van der Waals surface area contributed by atoms with Gasteiger partial charge in [0.2, 0.25) is 0 Å². The van der Waals surface area contributed by atoms with Crippen LogP contribution >= 0.6 is 15.9 Å². The molecule has 0 saturated heterocycles. The predicted octanol–water partition coefficient (Wildman–Crippen LogP) is 3.17. The summed E-state index contributed by atoms with van der Waals surface area (Å²) in [4.78, 5) is 11.2. The number of ether oxygens (including phenoxy) is 1. The van der Waals surface area contributed by atoms with Gasteiger partial charge >= 0.3 is 12.1 Å². The van der Waals surface area contributed by atoms with Gasteiger partial charge in [0.15, 0.2) is 6.61 Å². The summed E-state index contributed by atoms with van der Waals surface area (Å²) in [5, 5.41) is 0. The van der Waals surface area contributed by atoms with Gasteiger partial charge in [-0.25, -0.2) is 4.79 Å². The highest BCUT2D eigenvalue weighted by Gasteiger charge is 2.30. The molecule has 0 spiro atoms. The average Bonchev–Trinajstić information content (AvgIpc) is 2.14. The molecule has 0 fully saturated rings. The standard InChI is InChI=1S/C9H6BrF3O2/c10-7-4-2-1-3-6(7)8(14)15-5-9(11,12)13/h1-4H,5H2. The molecule has 6 heteroatoms. The van der Waals surface area contributed by atoms with Crippen LogP contribution in [0.25, 0.3) is 0 Å². The Morgan fingerprint density at radius 3 is 2.47 bits per heavy atom. The zero-order chi connectivity index (χ0) is 11.5. The van der Waals surface area contributed by atoms with Gasteiger partial charge in [-0.05, 0) is 28.1 Å². The largest absolute Gasteiger partial charge is 0.452 e. The highest BCUT2D eigenvalue weighted by atomic mass is 79.9. The summed E-state index contributed by atoms with van der Waals surface area (Å²) in [6.07, 6.45) is -4.50. The van der Waals surface area contributed by atoms with Crippen LogP contribution in [0.3, 0.4) is 0 Å². The van der Waals surface area contributed by atoms with Crippen molar-refractivity contribution in [2.24, 2.45) is 0 Å². The smallest absolute Gasteiger partial charge is 0.422 e. The molecule has 0 amide bonds. The zero-order valence-corrected chi connectivity index (χ0v) is 8.93. The van der Waals surface area contributed by atoms with Crippen molar-refractivity contribution in [3.63, 3.8) is 0 Å². The maximum atomic E-state index is 11.7. The molecule has 0 aliphatic carbocycles. The van der Waals surface area contributed by atoms with Crippen LogP contribution in [0.2, 0.25) is 0 Å². The monoisotopic (exact) mass is 282 g/mol. The Balaban J connectivity index is 2.66. The number of esters is 1. The fourth-order valence-electron chi connectivity index (χ4n) is 0.852. The Bertz CT molecular complexity index is 363. The normalized spacial score (nSPS) is 11.2. The van der Waals surface area contributed by atoms with Gasteiger partial charge in [-0.2, -0.15) is 13.2 Å². The van der Waals surface area contributed by atoms with Crippen LogP contribution in [-0.4, -0.2) is 18.8 Å². The first-order valence-electron chi connectivity index (χ1n) is 3.88. The molecule has 0 bridgehead atoms. The highest BCUT2D eigenvalue weighted by Crippen LogP contribution is 2.19. The molecule has 0 aliphatic heterocycles. The number of carbonyl (C=O) groups excluding carboxylic acids is 1. The summed E-state index contributed by atoms with van der Waals surface area (Å²) in [6, 6.07) is 6.10. The summed E-state index contributed by atoms with van der Waals surface area (Å²) >= 11 is 3.04. The van der Waals surface area contributed by atoms with E-state index in [1.165, 1.54) is 12.1 Å². The number of rotatable bonds is 2. The summed E-state index contributed by atoms with van der Waals surface area (Å²) < 4.78 is 39.7. The first-order chi connectivity index (χ1) is 6.90. The maximum Gasteiger partial charge on any atom is 0.422 e. The third kappa shape index (κ3) is 3.91. The van der Waals surface area contributed by atoms with Gasteiger partial charge in [0.05, 0.1) is 5.56 Å². The van der Waals surface area contributed by atoms with Crippen LogP contribution in [0.15, 0.2) is 28.7 Å². The summed E-state index contributed by atoms with van der Waals surface area (Å²) in [5.74, 6) is -1.00. The topological polar surface area (TPSA) is 26.3 Å². The second-order valence-corrected chi connectivity index (χ2v) is 3.53. The molecule has 0 aromatic heterocycles. The SMILES string of the molecule is O=C(OCC(F)(F)F)c1ccccc1Br. The molecule has 2 nitrogen and oxygen atoms in total. The van der Waals surface area contributed by atoms with Crippen molar-refractivity contribution < 1.29 is 22.7 Å². The molecule has 1 aromatic carbocycles. The van der Waals surface area contributed by atoms with Gasteiger partial charge in [-0.1, -0.05) is 12.1 Å². The fraction of sp³-hybridized carbons (Fsp3) is 0.222. The minimum absolute atomic E-state index is 0.0711. The van der Waals surface area contributed by atoms with Crippen molar-refractivity contribution in [2.45, 2.75) is 6.18 Å². The summed E-state index contributed by atoms with van der Waals surface area (Å²) in [7, 11) is 0. The molecular formula is C9H6BrF3O2. The van der Waals surface area contributed by atoms with E-state index in [1.807, 2.05) is 0 Å². The van der Waals surface area contributed by atoms with Gasteiger partial charge in [0, 0.05) is 4.47 Å². The summed E-state index contributed by atoms with van der Waals surface area (Å²) in [5.41, 5.74) is 0.0711. The molecule has 1 aromatic rings. The minimum atomic E-state index is -4.50. The van der Waals surface area contributed by atoms with Gasteiger partial charge in [-0.15, -0.1) is 0 Å². The van der Waals surface area contributed by atoms with E-state index >= 15 is 0 Å². The second-order valence-electron chi connectivity index (χ2n) is 2.67. The number of carbonyl (C=O) groups is 1. The Morgan fingerprint density at radius 2 is 1.93 bits per heavy atom. The van der Waals surface area contributed by atoms with E-state index in [0.29, 0.717) is 4.47 Å². The first kappa shape index (κ1) is 12.0. The Labute approximate surface area is 92.2 Å². The van der Waals surface area contributed by atoms with E-state index in [9.17, 15) is 18.0 Å². The van der Waals surface area contributed by atoms with Crippen molar-refractivity contribution in [3.8, 4) is 0 Å². The lowest BCUT2D eigenvalue weighted by Gasteiger charge is -2.08. The Hall–Kier alpha value is -1.04. The second kappa shape index (κ2) is 4.65. The molecule has 82 valence electrons. The lowest BCUT2D eigenvalue weighted by Crippen LogP contribution is -2.20. The van der Waals surface area contributed by atoms with Crippen LogP contribution in [0, 0.1) is 0 Å². The van der Waals surface area contributed by atoms with E-state index in [4.69, 9.17) is 0 Å². The van der Waals surface area contributed by atoms with Crippen LogP contribution in [0.4, 0.5) is 13.2 Å². The predicted molar refractivity (Wildman–Crippen MR) is 50.5 cm³/mol. The fourth-order valence-corrected chi connectivity index (χ4v) is 1.30. The van der Waals surface area contributed by atoms with Crippen molar-refractivity contribution >= 4 is 21.9 Å². The van der Waals surface area contributed by atoms with Gasteiger partial charge in [-0.3, -0.25) is 0 Å². The van der Waals surface area contributed by atoms with Gasteiger partial charge < -0.3 is 4.74 Å². The number of benzene rings is 1. The number of hydrogen-bond acceptors (Lipinski definition) is 2. The summed E-state index contributed by atoms with van der Waals surface area (Å²) in [6.45, 7) is -1.58. The molecule has 0 unspecified atom stereocenters. The first-order valence-corrected chi connectivity index (χ1v) is 4.68. The van der Waals surface area contributed by atoms with E-state index in [2.05, 4.69) is 20.7 Å². The van der Waals surface area contributed by atoms with Crippen LogP contribution in [0.5, 0.6) is 0 Å². The molecular weight excluding hydrogens is 277 g/mol. The van der Waals surface area contributed by atoms with E-state index in [1.54, 1.807) is 12.1 Å². The van der Waals surface area contributed by atoms with Crippen molar-refractivity contribution in [1.29, 1.82) is 0 Å². The lowest BCUT2D eigenvalue weighted by atomic mass is 10.2. The number of alkyl halides is 3. The third-order valence-corrected chi connectivity index (χ3v) is 2.15. The molecule has 0 heterocycles. The molecule has 0 saturated carbocycles. The van der Waals surface area contributed by atoms with E-state index < -0.39 is 18.8 Å². The third-order valence-electron chi connectivity index (χ3n) is 1.46. The minimum Gasteiger partial charge on any atom is -0.452 e. The number of hydrogen-bond donors (Lipinski definition) is 0. The highest BCUT2D eigenvalue weighted by molar-refractivity contribution is 9.10. The Morgan fingerprint density at radius 1 is 1.33 bits per heavy atom. The molecule has 0 aliphatic rings. The van der Waals surface area contributed by atoms with E-state index in [-0.39, 0.29) is 5.56 Å². The molecule has 15 heavy (non-hydrogen) atoms.